The van der Waals surface area contributed by atoms with Gasteiger partial charge >= 0.3 is 5.97 Å². The van der Waals surface area contributed by atoms with Crippen LogP contribution >= 0.6 is 0 Å². The van der Waals surface area contributed by atoms with Gasteiger partial charge in [-0.05, 0) is 44.2 Å². The van der Waals surface area contributed by atoms with Crippen molar-refractivity contribution in [3.05, 3.63) is 41.0 Å². The molecule has 0 spiro atoms. The number of allylic oxidation sites excluding steroid dienone is 1. The Morgan fingerprint density at radius 3 is 2.74 bits per heavy atom. The number of hydrogen-bond acceptors (Lipinski definition) is 2. The predicted octanol–water partition coefficient (Wildman–Crippen LogP) is 3.86. The van der Waals surface area contributed by atoms with Crippen LogP contribution in [0.15, 0.2) is 23.8 Å². The fraction of sp³-hybridized carbons (Fsp3) is 0.400. The van der Waals surface area contributed by atoms with E-state index in [0.717, 1.165) is 18.9 Å². The van der Waals surface area contributed by atoms with Crippen molar-refractivity contribution in [2.24, 2.45) is 0 Å². The molecule has 0 saturated heterocycles. The van der Waals surface area contributed by atoms with E-state index < -0.39 is 17.6 Å². The first-order valence-electron chi connectivity index (χ1n) is 6.48. The lowest BCUT2D eigenvalue weighted by atomic mass is 9.87. The van der Waals surface area contributed by atoms with Crippen LogP contribution in [0.25, 0.3) is 5.57 Å². The number of esters is 1. The number of carbonyl (C=O) groups excluding carboxylic acids is 1. The molecule has 0 aromatic heterocycles. The summed E-state index contributed by atoms with van der Waals surface area (Å²) in [5, 5.41) is 0. The van der Waals surface area contributed by atoms with Crippen molar-refractivity contribution in [1.82, 2.24) is 0 Å². The van der Waals surface area contributed by atoms with E-state index in [0.29, 0.717) is 24.0 Å². The Balaban J connectivity index is 2.48. The number of rotatable bonds is 3. The van der Waals surface area contributed by atoms with Crippen molar-refractivity contribution in [3.63, 3.8) is 0 Å². The Labute approximate surface area is 111 Å². The number of ether oxygens (including phenoxy) is 1. The molecule has 0 bridgehead atoms. The summed E-state index contributed by atoms with van der Waals surface area (Å²) in [5.74, 6) is -2.19. The van der Waals surface area contributed by atoms with E-state index in [2.05, 4.69) is 0 Å². The van der Waals surface area contributed by atoms with Crippen molar-refractivity contribution in [2.75, 3.05) is 6.61 Å². The second-order valence-corrected chi connectivity index (χ2v) is 4.49. The highest BCUT2D eigenvalue weighted by molar-refractivity contribution is 5.98. The molecule has 19 heavy (non-hydrogen) atoms. The molecule has 2 rings (SSSR count). The second-order valence-electron chi connectivity index (χ2n) is 4.49. The Morgan fingerprint density at radius 1 is 1.26 bits per heavy atom. The van der Waals surface area contributed by atoms with Crippen LogP contribution in [-0.4, -0.2) is 12.6 Å². The van der Waals surface area contributed by atoms with E-state index in [4.69, 9.17) is 4.74 Å². The van der Waals surface area contributed by atoms with Gasteiger partial charge in [-0.1, -0.05) is 12.1 Å². The van der Waals surface area contributed by atoms with Gasteiger partial charge in [-0.15, -0.1) is 0 Å². The molecule has 0 heterocycles. The van der Waals surface area contributed by atoms with Gasteiger partial charge in [0.05, 0.1) is 6.61 Å². The summed E-state index contributed by atoms with van der Waals surface area (Å²) in [7, 11) is 0. The van der Waals surface area contributed by atoms with E-state index in [-0.39, 0.29) is 12.2 Å². The SMILES string of the molecule is CCOC(=O)C1=C(c2cccc(F)c2F)CCCC1. The summed E-state index contributed by atoms with van der Waals surface area (Å²) >= 11 is 0. The number of carbonyl (C=O) groups is 1. The normalized spacial score (nSPS) is 15.5. The molecule has 0 saturated carbocycles. The van der Waals surface area contributed by atoms with Crippen molar-refractivity contribution in [3.8, 4) is 0 Å². The van der Waals surface area contributed by atoms with Crippen LogP contribution in [0.5, 0.6) is 0 Å². The van der Waals surface area contributed by atoms with Crippen molar-refractivity contribution in [1.29, 1.82) is 0 Å². The summed E-state index contributed by atoms with van der Waals surface area (Å²) in [6.45, 7) is 2.00. The molecule has 1 aromatic rings. The zero-order chi connectivity index (χ0) is 13.8. The molecule has 102 valence electrons. The molecule has 1 aromatic carbocycles. The first-order valence-corrected chi connectivity index (χ1v) is 6.48. The Morgan fingerprint density at radius 2 is 2.00 bits per heavy atom. The van der Waals surface area contributed by atoms with Crippen LogP contribution in [0.1, 0.15) is 38.2 Å². The molecule has 0 atom stereocenters. The van der Waals surface area contributed by atoms with Gasteiger partial charge in [-0.3, -0.25) is 0 Å². The lowest BCUT2D eigenvalue weighted by Gasteiger charge is -2.20. The van der Waals surface area contributed by atoms with Gasteiger partial charge in [0.15, 0.2) is 11.6 Å². The van der Waals surface area contributed by atoms with Crippen LogP contribution < -0.4 is 0 Å². The summed E-state index contributed by atoms with van der Waals surface area (Å²) < 4.78 is 32.1. The van der Waals surface area contributed by atoms with E-state index in [9.17, 15) is 13.6 Å². The van der Waals surface area contributed by atoms with Gasteiger partial charge < -0.3 is 4.74 Å². The quantitative estimate of drug-likeness (QED) is 0.777. The Kier molecular flexibility index (Phi) is 4.30. The average molecular weight is 266 g/mol. The maximum atomic E-state index is 13.8. The summed E-state index contributed by atoms with van der Waals surface area (Å²) in [4.78, 5) is 11.9. The zero-order valence-electron chi connectivity index (χ0n) is 10.8. The molecule has 0 radical (unpaired) electrons. The zero-order valence-corrected chi connectivity index (χ0v) is 10.8. The second kappa shape index (κ2) is 5.95. The monoisotopic (exact) mass is 266 g/mol. The topological polar surface area (TPSA) is 26.3 Å². The molecule has 1 aliphatic rings. The van der Waals surface area contributed by atoms with Gasteiger partial charge in [-0.25, -0.2) is 13.6 Å². The van der Waals surface area contributed by atoms with Crippen molar-refractivity contribution < 1.29 is 18.3 Å². The standard InChI is InChI=1S/C15H16F2O2/c1-2-19-15(18)12-7-4-3-6-10(12)11-8-5-9-13(16)14(11)17/h5,8-9H,2-4,6-7H2,1H3. The minimum Gasteiger partial charge on any atom is -0.463 e. The third kappa shape index (κ3) is 2.83. The Bertz CT molecular complexity index is 521. The fourth-order valence-electron chi connectivity index (χ4n) is 2.38. The molecular formula is C15H16F2O2. The first kappa shape index (κ1) is 13.7. The third-order valence-electron chi connectivity index (χ3n) is 3.27. The lowest BCUT2D eigenvalue weighted by Crippen LogP contribution is -2.13. The van der Waals surface area contributed by atoms with E-state index >= 15 is 0 Å². The summed E-state index contributed by atoms with van der Waals surface area (Å²) in [6, 6.07) is 4.04. The predicted molar refractivity (Wildman–Crippen MR) is 68.4 cm³/mol. The fourth-order valence-corrected chi connectivity index (χ4v) is 2.38. The molecule has 2 nitrogen and oxygen atoms in total. The number of benzene rings is 1. The number of hydrogen-bond donors (Lipinski definition) is 0. The first-order chi connectivity index (χ1) is 9.15. The summed E-state index contributed by atoms with van der Waals surface area (Å²) in [5.41, 5.74) is 1.25. The highest BCUT2D eigenvalue weighted by atomic mass is 19.2. The maximum Gasteiger partial charge on any atom is 0.334 e. The van der Waals surface area contributed by atoms with E-state index in [1.807, 2.05) is 0 Å². The highest BCUT2D eigenvalue weighted by Gasteiger charge is 2.23. The van der Waals surface area contributed by atoms with Gasteiger partial charge in [0, 0.05) is 11.1 Å². The molecule has 0 N–H and O–H groups in total. The lowest BCUT2D eigenvalue weighted by molar-refractivity contribution is -0.138. The average Bonchev–Trinajstić information content (AvgIpc) is 2.42. The summed E-state index contributed by atoms with van der Waals surface area (Å²) in [6.07, 6.45) is 2.88. The number of halogens is 2. The minimum absolute atomic E-state index is 0.183. The smallest absolute Gasteiger partial charge is 0.334 e. The van der Waals surface area contributed by atoms with Crippen molar-refractivity contribution >= 4 is 11.5 Å². The molecule has 4 heteroatoms. The maximum absolute atomic E-state index is 13.8. The molecule has 0 unspecified atom stereocenters. The largest absolute Gasteiger partial charge is 0.463 e. The van der Waals surface area contributed by atoms with Gasteiger partial charge in [0.1, 0.15) is 0 Å². The van der Waals surface area contributed by atoms with E-state index in [1.165, 1.54) is 12.1 Å². The molecular weight excluding hydrogens is 250 g/mol. The van der Waals surface area contributed by atoms with Gasteiger partial charge in [0.25, 0.3) is 0 Å². The third-order valence-corrected chi connectivity index (χ3v) is 3.27. The van der Waals surface area contributed by atoms with Crippen LogP contribution in [-0.2, 0) is 9.53 Å². The molecule has 1 aliphatic carbocycles. The van der Waals surface area contributed by atoms with Crippen LogP contribution in [0.4, 0.5) is 8.78 Å². The van der Waals surface area contributed by atoms with Crippen molar-refractivity contribution in [2.45, 2.75) is 32.6 Å². The van der Waals surface area contributed by atoms with Gasteiger partial charge in [-0.2, -0.15) is 0 Å². The molecule has 0 amide bonds. The molecule has 0 fully saturated rings. The van der Waals surface area contributed by atoms with Gasteiger partial charge in [0.2, 0.25) is 0 Å². The van der Waals surface area contributed by atoms with E-state index in [1.54, 1.807) is 6.92 Å². The highest BCUT2D eigenvalue weighted by Crippen LogP contribution is 2.34. The Hall–Kier alpha value is -1.71. The van der Waals surface area contributed by atoms with Crippen LogP contribution in [0, 0.1) is 11.6 Å². The van der Waals surface area contributed by atoms with Crippen LogP contribution in [0.3, 0.4) is 0 Å². The molecule has 0 aliphatic heterocycles. The van der Waals surface area contributed by atoms with Crippen LogP contribution in [0.2, 0.25) is 0 Å². The minimum atomic E-state index is -0.890.